The van der Waals surface area contributed by atoms with Gasteiger partial charge in [-0.1, -0.05) is 17.3 Å². The van der Waals surface area contributed by atoms with Crippen molar-refractivity contribution >= 4 is 9.84 Å². The van der Waals surface area contributed by atoms with Crippen molar-refractivity contribution in [3.63, 3.8) is 0 Å². The zero-order valence-corrected chi connectivity index (χ0v) is 16.2. The molecule has 27 heavy (non-hydrogen) atoms. The monoisotopic (exact) mass is 387 g/mol. The van der Waals surface area contributed by atoms with Gasteiger partial charge in [-0.05, 0) is 48.9 Å². The number of hydrogen-bond donors (Lipinski definition) is 1. The molecule has 142 valence electrons. The molecule has 1 atom stereocenters. The number of nitrogens with zero attached hydrogens (tertiary/aromatic N) is 2. The van der Waals surface area contributed by atoms with Crippen LogP contribution in [0.3, 0.4) is 0 Å². The molecule has 1 heterocycles. The van der Waals surface area contributed by atoms with Crippen molar-refractivity contribution in [2.75, 3.05) is 13.4 Å². The molecular formula is C19H21N3O4S. The second-order valence-corrected chi connectivity index (χ2v) is 8.20. The summed E-state index contributed by atoms with van der Waals surface area (Å²) < 4.78 is 33.5. The quantitative estimate of drug-likeness (QED) is 0.666. The van der Waals surface area contributed by atoms with E-state index in [0.717, 1.165) is 16.9 Å². The number of nitrogens with one attached hydrogen (secondary N) is 1. The molecule has 0 fully saturated rings. The molecule has 7 nitrogen and oxygen atoms in total. The molecule has 0 amide bonds. The van der Waals surface area contributed by atoms with Gasteiger partial charge in [0.2, 0.25) is 11.7 Å². The highest BCUT2D eigenvalue weighted by Crippen LogP contribution is 2.20. The highest BCUT2D eigenvalue weighted by molar-refractivity contribution is 7.90. The van der Waals surface area contributed by atoms with E-state index in [1.54, 1.807) is 31.4 Å². The molecule has 3 rings (SSSR count). The lowest BCUT2D eigenvalue weighted by molar-refractivity contribution is 0.360. The molecule has 0 aliphatic rings. The van der Waals surface area contributed by atoms with Gasteiger partial charge >= 0.3 is 0 Å². The molecule has 0 saturated carbocycles. The van der Waals surface area contributed by atoms with E-state index >= 15 is 0 Å². The predicted molar refractivity (Wildman–Crippen MR) is 101 cm³/mol. The van der Waals surface area contributed by atoms with Crippen molar-refractivity contribution in [2.24, 2.45) is 0 Å². The van der Waals surface area contributed by atoms with Crippen LogP contribution in [0.5, 0.6) is 5.75 Å². The summed E-state index contributed by atoms with van der Waals surface area (Å²) in [4.78, 5) is 4.69. The molecule has 1 N–H and O–H groups in total. The maximum atomic E-state index is 11.5. The number of methoxy groups -OCH3 is 1. The van der Waals surface area contributed by atoms with Crippen molar-refractivity contribution in [1.82, 2.24) is 15.5 Å². The first-order chi connectivity index (χ1) is 12.9. The van der Waals surface area contributed by atoms with Gasteiger partial charge in [-0.2, -0.15) is 4.98 Å². The Labute approximate surface area is 158 Å². The van der Waals surface area contributed by atoms with Gasteiger partial charge < -0.3 is 14.6 Å². The maximum absolute atomic E-state index is 11.5. The Kier molecular flexibility index (Phi) is 5.57. The van der Waals surface area contributed by atoms with E-state index in [-0.39, 0.29) is 6.04 Å². The molecule has 0 aliphatic heterocycles. The Morgan fingerprint density at radius 3 is 2.37 bits per heavy atom. The fourth-order valence-corrected chi connectivity index (χ4v) is 3.18. The number of rotatable bonds is 7. The van der Waals surface area contributed by atoms with Crippen molar-refractivity contribution in [2.45, 2.75) is 24.4 Å². The third kappa shape index (κ3) is 4.72. The molecule has 0 saturated heterocycles. The normalized spacial score (nSPS) is 12.7. The summed E-state index contributed by atoms with van der Waals surface area (Å²) in [6.07, 6.45) is 1.19. The molecule has 3 aromatic rings. The Morgan fingerprint density at radius 1 is 1.11 bits per heavy atom. The SMILES string of the molecule is COc1ccc(-c2noc(CN[C@@H](C)c3ccc(S(C)(=O)=O)cc3)n2)cc1. The van der Waals surface area contributed by atoms with Crippen LogP contribution in [0.15, 0.2) is 57.9 Å². The first kappa shape index (κ1) is 19.1. The molecule has 0 unspecified atom stereocenters. The second-order valence-electron chi connectivity index (χ2n) is 6.18. The lowest BCUT2D eigenvalue weighted by atomic mass is 10.1. The third-order valence-corrected chi connectivity index (χ3v) is 5.31. The Balaban J connectivity index is 1.62. The number of benzene rings is 2. The molecular weight excluding hydrogens is 366 g/mol. The number of ether oxygens (including phenoxy) is 1. The molecule has 0 spiro atoms. The van der Waals surface area contributed by atoms with Gasteiger partial charge in [0.1, 0.15) is 5.75 Å². The van der Waals surface area contributed by atoms with Crippen LogP contribution < -0.4 is 10.1 Å². The Hall–Kier alpha value is -2.71. The van der Waals surface area contributed by atoms with Crippen LogP contribution in [0, 0.1) is 0 Å². The van der Waals surface area contributed by atoms with Crippen molar-refractivity contribution in [3.05, 3.63) is 60.0 Å². The van der Waals surface area contributed by atoms with Gasteiger partial charge in [0.15, 0.2) is 9.84 Å². The number of aromatic nitrogens is 2. The van der Waals surface area contributed by atoms with Gasteiger partial charge in [-0.15, -0.1) is 0 Å². The van der Waals surface area contributed by atoms with Crippen LogP contribution in [-0.4, -0.2) is 31.9 Å². The fourth-order valence-electron chi connectivity index (χ4n) is 2.55. The number of hydrogen-bond acceptors (Lipinski definition) is 7. The van der Waals surface area contributed by atoms with Gasteiger partial charge in [-0.3, -0.25) is 0 Å². The smallest absolute Gasteiger partial charge is 0.240 e. The van der Waals surface area contributed by atoms with E-state index in [0.29, 0.717) is 23.2 Å². The lowest BCUT2D eigenvalue weighted by Crippen LogP contribution is -2.18. The van der Waals surface area contributed by atoms with Crippen molar-refractivity contribution in [1.29, 1.82) is 0 Å². The summed E-state index contributed by atoms with van der Waals surface area (Å²) in [5, 5.41) is 7.29. The van der Waals surface area contributed by atoms with E-state index in [4.69, 9.17) is 9.26 Å². The van der Waals surface area contributed by atoms with Crippen LogP contribution in [0.2, 0.25) is 0 Å². The summed E-state index contributed by atoms with van der Waals surface area (Å²) in [7, 11) is -1.58. The molecule has 2 aromatic carbocycles. The summed E-state index contributed by atoms with van der Waals surface area (Å²) >= 11 is 0. The van der Waals surface area contributed by atoms with Crippen molar-refractivity contribution in [3.8, 4) is 17.1 Å². The van der Waals surface area contributed by atoms with E-state index in [9.17, 15) is 8.42 Å². The Bertz CT molecular complexity index is 996. The van der Waals surface area contributed by atoms with E-state index in [1.807, 2.05) is 31.2 Å². The minimum atomic E-state index is -3.19. The largest absolute Gasteiger partial charge is 0.497 e. The molecule has 8 heteroatoms. The zero-order chi connectivity index (χ0) is 19.4. The molecule has 0 radical (unpaired) electrons. The van der Waals surface area contributed by atoms with Crippen LogP contribution in [-0.2, 0) is 16.4 Å². The Morgan fingerprint density at radius 2 is 1.78 bits per heavy atom. The van der Waals surface area contributed by atoms with Gasteiger partial charge in [-0.25, -0.2) is 8.42 Å². The van der Waals surface area contributed by atoms with E-state index in [2.05, 4.69) is 15.5 Å². The third-order valence-electron chi connectivity index (χ3n) is 4.18. The van der Waals surface area contributed by atoms with Crippen LogP contribution in [0.25, 0.3) is 11.4 Å². The minimum absolute atomic E-state index is 0.00468. The van der Waals surface area contributed by atoms with Gasteiger partial charge in [0.25, 0.3) is 0 Å². The maximum Gasteiger partial charge on any atom is 0.240 e. The minimum Gasteiger partial charge on any atom is -0.497 e. The molecule has 1 aromatic heterocycles. The fraction of sp³-hybridized carbons (Fsp3) is 0.263. The summed E-state index contributed by atoms with van der Waals surface area (Å²) in [6, 6.07) is 14.2. The average molecular weight is 387 g/mol. The predicted octanol–water partition coefficient (Wildman–Crippen LogP) is 3.00. The standard InChI is InChI=1S/C19H21N3O4S/c1-13(14-6-10-17(11-7-14)27(3,23)24)20-12-18-21-19(22-26-18)15-4-8-16(25-2)9-5-15/h4-11,13,20H,12H2,1-3H3/t13-/m0/s1. The average Bonchev–Trinajstić information content (AvgIpc) is 3.14. The van der Waals surface area contributed by atoms with Crippen molar-refractivity contribution < 1.29 is 17.7 Å². The molecule has 0 aliphatic carbocycles. The second kappa shape index (κ2) is 7.89. The van der Waals surface area contributed by atoms with Gasteiger partial charge in [0.05, 0.1) is 18.6 Å². The summed E-state index contributed by atoms with van der Waals surface area (Å²) in [5.41, 5.74) is 1.81. The lowest BCUT2D eigenvalue weighted by Gasteiger charge is -2.13. The topological polar surface area (TPSA) is 94.3 Å². The van der Waals surface area contributed by atoms with Crippen LogP contribution >= 0.6 is 0 Å². The first-order valence-electron chi connectivity index (χ1n) is 8.37. The summed E-state index contributed by atoms with van der Waals surface area (Å²) in [6.45, 7) is 2.38. The van der Waals surface area contributed by atoms with E-state index < -0.39 is 9.84 Å². The van der Waals surface area contributed by atoms with Crippen LogP contribution in [0.4, 0.5) is 0 Å². The molecule has 0 bridgehead atoms. The summed E-state index contributed by atoms with van der Waals surface area (Å²) in [5.74, 6) is 1.75. The highest BCUT2D eigenvalue weighted by atomic mass is 32.2. The number of sulfone groups is 1. The van der Waals surface area contributed by atoms with Crippen LogP contribution in [0.1, 0.15) is 24.4 Å². The highest BCUT2D eigenvalue weighted by Gasteiger charge is 2.12. The zero-order valence-electron chi connectivity index (χ0n) is 15.3. The van der Waals surface area contributed by atoms with Gasteiger partial charge in [0, 0.05) is 17.9 Å². The van der Waals surface area contributed by atoms with E-state index in [1.165, 1.54) is 6.26 Å². The first-order valence-corrected chi connectivity index (χ1v) is 10.3.